The lowest BCUT2D eigenvalue weighted by Gasteiger charge is -2.32. The molecule has 0 bridgehead atoms. The van der Waals surface area contributed by atoms with E-state index in [9.17, 15) is 37.1 Å². The minimum atomic E-state index is -5.11. The van der Waals surface area contributed by atoms with Gasteiger partial charge in [-0.25, -0.2) is 4.79 Å². The van der Waals surface area contributed by atoms with Gasteiger partial charge in [0.2, 0.25) is 11.8 Å². The lowest BCUT2D eigenvalue weighted by Crippen LogP contribution is -2.58. The number of hydrogen-bond donors (Lipinski definition) is 2. The number of amides is 4. The molecule has 4 amide bonds. The van der Waals surface area contributed by atoms with E-state index in [4.69, 9.17) is 0 Å². The van der Waals surface area contributed by atoms with E-state index >= 15 is 0 Å². The lowest BCUT2D eigenvalue weighted by atomic mass is 9.99. The van der Waals surface area contributed by atoms with Crippen molar-refractivity contribution in [1.29, 1.82) is 0 Å². The summed E-state index contributed by atoms with van der Waals surface area (Å²) in [7, 11) is 0. The largest absolute Gasteiger partial charge is 0.451 e. The number of urea groups is 1. The van der Waals surface area contributed by atoms with Crippen molar-refractivity contribution in [1.82, 2.24) is 20.4 Å². The molecule has 42 heavy (non-hydrogen) atoms. The Labute approximate surface area is 241 Å². The zero-order chi connectivity index (χ0) is 30.3. The van der Waals surface area contributed by atoms with Gasteiger partial charge in [0.25, 0.3) is 5.78 Å². The number of piperidine rings is 1. The van der Waals surface area contributed by atoms with Crippen LogP contribution in [0.15, 0.2) is 60.7 Å². The van der Waals surface area contributed by atoms with Crippen molar-refractivity contribution >= 4 is 29.4 Å². The number of alkyl halides is 3. The van der Waals surface area contributed by atoms with Crippen LogP contribution in [-0.4, -0.2) is 83.1 Å². The fraction of sp³-hybridized carbons (Fsp3) is 0.433. The minimum Gasteiger partial charge on any atom is -0.326 e. The third-order valence-corrected chi connectivity index (χ3v) is 7.60. The van der Waals surface area contributed by atoms with Crippen LogP contribution in [0.25, 0.3) is 0 Å². The van der Waals surface area contributed by atoms with E-state index in [0.717, 1.165) is 0 Å². The van der Waals surface area contributed by atoms with Gasteiger partial charge >= 0.3 is 12.2 Å². The molecule has 2 N–H and O–H groups in total. The minimum absolute atomic E-state index is 0.0407. The summed E-state index contributed by atoms with van der Waals surface area (Å²) >= 11 is 0. The molecule has 0 aromatic heterocycles. The van der Waals surface area contributed by atoms with Gasteiger partial charge in [-0.1, -0.05) is 60.7 Å². The van der Waals surface area contributed by atoms with Crippen molar-refractivity contribution in [2.24, 2.45) is 0 Å². The van der Waals surface area contributed by atoms with Gasteiger partial charge in [0.15, 0.2) is 0 Å². The summed E-state index contributed by atoms with van der Waals surface area (Å²) in [6, 6.07) is 12.5. The molecule has 12 heteroatoms. The van der Waals surface area contributed by atoms with Gasteiger partial charge < -0.3 is 10.2 Å². The van der Waals surface area contributed by atoms with E-state index in [2.05, 4.69) is 10.6 Å². The molecule has 2 aromatic carbocycles. The molecule has 2 aromatic rings. The Kier molecular flexibility index (Phi) is 10.1. The number of halogens is 3. The van der Waals surface area contributed by atoms with E-state index in [1.807, 2.05) is 0 Å². The highest BCUT2D eigenvalue weighted by Gasteiger charge is 2.49. The second-order valence-electron chi connectivity index (χ2n) is 10.5. The first-order valence-electron chi connectivity index (χ1n) is 13.9. The van der Waals surface area contributed by atoms with Gasteiger partial charge in [0.1, 0.15) is 11.8 Å². The van der Waals surface area contributed by atoms with Crippen molar-refractivity contribution in [3.05, 3.63) is 71.8 Å². The van der Waals surface area contributed by atoms with Crippen LogP contribution in [0.1, 0.15) is 36.8 Å². The average Bonchev–Trinajstić information content (AvgIpc) is 3.46. The maximum Gasteiger partial charge on any atom is 0.451 e. The highest BCUT2D eigenvalue weighted by atomic mass is 19.4. The number of benzene rings is 2. The quantitative estimate of drug-likeness (QED) is 0.467. The Balaban J connectivity index is 1.50. The molecule has 2 aliphatic rings. The van der Waals surface area contributed by atoms with Crippen molar-refractivity contribution in [3.8, 4) is 0 Å². The van der Waals surface area contributed by atoms with Crippen molar-refractivity contribution in [3.63, 3.8) is 0 Å². The van der Waals surface area contributed by atoms with E-state index < -0.39 is 47.9 Å². The van der Waals surface area contributed by atoms with Crippen molar-refractivity contribution < 1.29 is 37.1 Å². The number of hydrogen-bond acceptors (Lipinski definition) is 6. The van der Waals surface area contributed by atoms with Crippen LogP contribution in [0.2, 0.25) is 0 Å². The second kappa shape index (κ2) is 13.7. The van der Waals surface area contributed by atoms with Crippen LogP contribution in [0.3, 0.4) is 0 Å². The highest BCUT2D eigenvalue weighted by molar-refractivity contribution is 6.01. The van der Waals surface area contributed by atoms with Crippen LogP contribution in [-0.2, 0) is 32.0 Å². The molecular formula is C30H33F3N4O5. The zero-order valence-corrected chi connectivity index (χ0v) is 22.9. The summed E-state index contributed by atoms with van der Waals surface area (Å²) < 4.78 is 40.8. The van der Waals surface area contributed by atoms with Gasteiger partial charge in [-0.3, -0.25) is 29.4 Å². The number of carbonyl (C=O) groups is 5. The second-order valence-corrected chi connectivity index (χ2v) is 10.5. The molecular weight excluding hydrogens is 553 g/mol. The fourth-order valence-electron chi connectivity index (χ4n) is 5.38. The van der Waals surface area contributed by atoms with Crippen LogP contribution >= 0.6 is 0 Å². The number of nitrogens with one attached hydrogen (secondary N) is 2. The highest BCUT2D eigenvalue weighted by Crippen LogP contribution is 2.28. The summed E-state index contributed by atoms with van der Waals surface area (Å²) in [5.41, 5.74) is 1.22. The smallest absolute Gasteiger partial charge is 0.326 e. The maximum absolute atomic E-state index is 13.6. The summed E-state index contributed by atoms with van der Waals surface area (Å²) in [6.07, 6.45) is -4.37. The standard InChI is InChI=1S/C30H33F3N4O5/c31-30(32,33)26(39)25(19-21-10-5-2-6-11-21)37-15-7-12-24(37)28(41)35-27(40)23(18-20-8-3-1-4-9-20)34-29(42)36-16-13-22(38)14-17-36/h1-6,8-11,23-25H,7,12-19H2,(H,34,42)(H,35,40,41)/t23-,24-,25-/m0/s1. The van der Waals surface area contributed by atoms with Crippen LogP contribution < -0.4 is 10.6 Å². The summed E-state index contributed by atoms with van der Waals surface area (Å²) in [6.45, 7) is 0.482. The zero-order valence-electron chi connectivity index (χ0n) is 22.9. The Morgan fingerprint density at radius 1 is 0.857 bits per heavy atom. The molecule has 0 spiro atoms. The summed E-state index contributed by atoms with van der Waals surface area (Å²) in [4.78, 5) is 66.4. The number of Topliss-reactive ketones (excluding diaryl/α,β-unsaturated/α-hetero) is 2. The summed E-state index contributed by atoms with van der Waals surface area (Å²) in [5, 5.41) is 4.93. The molecule has 2 aliphatic heterocycles. The van der Waals surface area contributed by atoms with Crippen LogP contribution in [0.5, 0.6) is 0 Å². The lowest BCUT2D eigenvalue weighted by molar-refractivity contribution is -0.177. The summed E-state index contributed by atoms with van der Waals surface area (Å²) in [5.74, 6) is -3.56. The topological polar surface area (TPSA) is 116 Å². The maximum atomic E-state index is 13.6. The monoisotopic (exact) mass is 586 g/mol. The first-order chi connectivity index (χ1) is 20.0. The Bertz CT molecular complexity index is 1280. The SMILES string of the molecule is O=C1CCN(C(=O)N[C@@H](Cc2ccccc2)C(=O)NC(=O)[C@@H]2CCCN2[C@@H](Cc2ccccc2)C(=O)C(F)(F)F)CC1. The van der Waals surface area contributed by atoms with Crippen molar-refractivity contribution in [2.75, 3.05) is 19.6 Å². The number of imide groups is 1. The van der Waals surface area contributed by atoms with Gasteiger partial charge in [0.05, 0.1) is 12.1 Å². The molecule has 4 rings (SSSR count). The number of rotatable bonds is 9. The van der Waals surface area contributed by atoms with Crippen LogP contribution in [0.4, 0.5) is 18.0 Å². The van der Waals surface area contributed by atoms with E-state index in [0.29, 0.717) is 17.5 Å². The van der Waals surface area contributed by atoms with Gasteiger partial charge in [0, 0.05) is 32.4 Å². The van der Waals surface area contributed by atoms with E-state index in [1.54, 1.807) is 60.7 Å². The predicted octanol–water partition coefficient (Wildman–Crippen LogP) is 2.82. The molecule has 0 saturated carbocycles. The Morgan fingerprint density at radius 2 is 1.43 bits per heavy atom. The van der Waals surface area contributed by atoms with Crippen LogP contribution in [0, 0.1) is 0 Å². The molecule has 0 radical (unpaired) electrons. The predicted molar refractivity (Wildman–Crippen MR) is 146 cm³/mol. The third-order valence-electron chi connectivity index (χ3n) is 7.60. The van der Waals surface area contributed by atoms with Gasteiger partial charge in [-0.05, 0) is 36.9 Å². The molecule has 224 valence electrons. The van der Waals surface area contributed by atoms with Gasteiger partial charge in [-0.15, -0.1) is 0 Å². The van der Waals surface area contributed by atoms with E-state index in [-0.39, 0.29) is 57.5 Å². The first-order valence-corrected chi connectivity index (χ1v) is 13.9. The molecule has 9 nitrogen and oxygen atoms in total. The molecule has 2 heterocycles. The third kappa shape index (κ3) is 8.03. The molecule has 2 saturated heterocycles. The Hall–Kier alpha value is -4.06. The fourth-order valence-corrected chi connectivity index (χ4v) is 5.38. The molecule has 0 unspecified atom stereocenters. The average molecular weight is 587 g/mol. The van der Waals surface area contributed by atoms with E-state index in [1.165, 1.54) is 9.80 Å². The molecule has 2 fully saturated rings. The normalized spacial score (nSPS) is 19.2. The Morgan fingerprint density at radius 3 is 2.00 bits per heavy atom. The van der Waals surface area contributed by atoms with Gasteiger partial charge in [-0.2, -0.15) is 13.2 Å². The molecule has 3 atom stereocenters. The number of ketones is 2. The van der Waals surface area contributed by atoms with Crippen molar-refractivity contribution in [2.45, 2.75) is 62.8 Å². The number of nitrogens with zero attached hydrogens (tertiary/aromatic N) is 2. The first kappa shape index (κ1) is 30.9. The molecule has 0 aliphatic carbocycles. The number of likely N-dealkylation sites (tertiary alicyclic amines) is 2. The number of carbonyl (C=O) groups excluding carboxylic acids is 5.